The number of fused-ring (bicyclic) bond motifs is 1. The molecule has 7 nitrogen and oxygen atoms in total. The van der Waals surface area contributed by atoms with E-state index in [2.05, 4.69) is 32.5 Å². The Bertz CT molecular complexity index is 642. The zero-order valence-electron chi connectivity index (χ0n) is 15.1. The van der Waals surface area contributed by atoms with Gasteiger partial charge in [-0.1, -0.05) is 0 Å². The lowest BCUT2D eigenvalue weighted by atomic mass is 10.0. The van der Waals surface area contributed by atoms with Crippen molar-refractivity contribution in [2.45, 2.75) is 37.6 Å². The molecule has 2 amide bonds. The summed E-state index contributed by atoms with van der Waals surface area (Å²) in [6.45, 7) is 5.16. The maximum absolute atomic E-state index is 12.5. The monoisotopic (exact) mass is 357 g/mol. The van der Waals surface area contributed by atoms with Crippen LogP contribution in [-0.4, -0.2) is 66.6 Å². The van der Waals surface area contributed by atoms with E-state index < -0.39 is 0 Å². The lowest BCUT2D eigenvalue weighted by molar-refractivity contribution is 0.0784. The number of rotatable bonds is 3. The minimum atomic E-state index is 0.103. The van der Waals surface area contributed by atoms with Crippen molar-refractivity contribution in [3.8, 4) is 0 Å². The molecule has 5 rings (SSSR count). The molecule has 2 unspecified atom stereocenters. The number of carbonyl (C=O) groups excluding carboxylic acids is 1. The Morgan fingerprint density at radius 2 is 1.73 bits per heavy atom. The van der Waals surface area contributed by atoms with Gasteiger partial charge in [0.2, 0.25) is 0 Å². The number of hydrogen-bond donors (Lipinski definition) is 1. The zero-order valence-corrected chi connectivity index (χ0v) is 15.1. The van der Waals surface area contributed by atoms with Crippen molar-refractivity contribution in [3.63, 3.8) is 0 Å². The Morgan fingerprint density at radius 3 is 2.35 bits per heavy atom. The molecule has 7 heteroatoms. The van der Waals surface area contributed by atoms with Gasteiger partial charge >= 0.3 is 6.03 Å². The van der Waals surface area contributed by atoms with Crippen LogP contribution in [-0.2, 0) is 4.74 Å². The lowest BCUT2D eigenvalue weighted by Crippen LogP contribution is -2.46. The zero-order chi connectivity index (χ0) is 17.5. The third kappa shape index (κ3) is 3.24. The molecule has 4 aliphatic rings. The Labute approximate surface area is 154 Å². The summed E-state index contributed by atoms with van der Waals surface area (Å²) in [6.07, 6.45) is 4.37. The van der Waals surface area contributed by atoms with Gasteiger partial charge in [-0.05, 0) is 37.8 Å². The first-order chi connectivity index (χ1) is 12.8. The first-order valence-corrected chi connectivity index (χ1v) is 9.98. The van der Waals surface area contributed by atoms with Gasteiger partial charge in [-0.15, -0.1) is 5.10 Å². The molecule has 0 bridgehead atoms. The first-order valence-electron chi connectivity index (χ1n) is 9.98. The summed E-state index contributed by atoms with van der Waals surface area (Å²) in [5.74, 6) is 2.72. The van der Waals surface area contributed by atoms with Crippen molar-refractivity contribution in [3.05, 3.63) is 17.8 Å². The summed E-state index contributed by atoms with van der Waals surface area (Å²) in [6, 6.07) is 4.64. The van der Waals surface area contributed by atoms with Gasteiger partial charge in [0.1, 0.15) is 0 Å². The highest BCUT2D eigenvalue weighted by Gasteiger charge is 2.42. The van der Waals surface area contributed by atoms with E-state index in [1.54, 1.807) is 0 Å². The van der Waals surface area contributed by atoms with E-state index in [0.717, 1.165) is 63.7 Å². The number of urea groups is 1. The number of nitrogens with one attached hydrogen (secondary N) is 1. The Kier molecular flexibility index (Phi) is 4.19. The molecular formula is C19H27N5O2. The van der Waals surface area contributed by atoms with Crippen molar-refractivity contribution < 1.29 is 9.53 Å². The van der Waals surface area contributed by atoms with Crippen LogP contribution in [0.25, 0.3) is 0 Å². The molecule has 1 aromatic heterocycles. The van der Waals surface area contributed by atoms with Gasteiger partial charge in [0, 0.05) is 63.2 Å². The van der Waals surface area contributed by atoms with E-state index in [-0.39, 0.29) is 12.1 Å². The van der Waals surface area contributed by atoms with E-state index in [1.807, 2.05) is 4.90 Å². The molecular weight excluding hydrogens is 330 g/mol. The van der Waals surface area contributed by atoms with E-state index >= 15 is 0 Å². The number of nitrogens with zero attached hydrogens (tertiary/aromatic N) is 4. The minimum Gasteiger partial charge on any atom is -0.381 e. The van der Waals surface area contributed by atoms with E-state index in [1.165, 1.54) is 12.8 Å². The third-order valence-corrected chi connectivity index (χ3v) is 6.31. The minimum absolute atomic E-state index is 0.103. The van der Waals surface area contributed by atoms with Crippen molar-refractivity contribution >= 4 is 11.8 Å². The molecule has 1 aromatic rings. The molecule has 140 valence electrons. The highest BCUT2D eigenvalue weighted by molar-refractivity contribution is 5.75. The van der Waals surface area contributed by atoms with Crippen LogP contribution >= 0.6 is 0 Å². The lowest BCUT2D eigenvalue weighted by Gasteiger charge is -2.27. The van der Waals surface area contributed by atoms with Gasteiger partial charge in [-0.2, -0.15) is 5.10 Å². The fourth-order valence-electron chi connectivity index (χ4n) is 4.55. The average Bonchev–Trinajstić information content (AvgIpc) is 3.32. The normalized spacial score (nSPS) is 29.1. The molecule has 26 heavy (non-hydrogen) atoms. The summed E-state index contributed by atoms with van der Waals surface area (Å²) >= 11 is 0. The van der Waals surface area contributed by atoms with Crippen LogP contribution in [0.4, 0.5) is 10.6 Å². The molecule has 3 aliphatic heterocycles. The molecule has 0 radical (unpaired) electrons. The van der Waals surface area contributed by atoms with Crippen molar-refractivity contribution in [1.29, 1.82) is 0 Å². The van der Waals surface area contributed by atoms with Crippen LogP contribution in [0.5, 0.6) is 0 Å². The maximum Gasteiger partial charge on any atom is 0.317 e. The van der Waals surface area contributed by atoms with Crippen LogP contribution in [0.2, 0.25) is 0 Å². The van der Waals surface area contributed by atoms with Crippen molar-refractivity contribution in [1.82, 2.24) is 20.4 Å². The number of carbonyl (C=O) groups is 1. The number of anilines is 1. The highest BCUT2D eigenvalue weighted by Crippen LogP contribution is 2.39. The number of hydrogen-bond acceptors (Lipinski definition) is 5. The second kappa shape index (κ2) is 6.68. The van der Waals surface area contributed by atoms with Crippen molar-refractivity contribution in [2.75, 3.05) is 44.3 Å². The topological polar surface area (TPSA) is 70.6 Å². The van der Waals surface area contributed by atoms with Gasteiger partial charge in [0.25, 0.3) is 0 Å². The van der Waals surface area contributed by atoms with Crippen LogP contribution in [0.15, 0.2) is 12.1 Å². The van der Waals surface area contributed by atoms with Gasteiger partial charge in [-0.25, -0.2) is 4.79 Å². The molecule has 1 N–H and O–H groups in total. The van der Waals surface area contributed by atoms with Gasteiger partial charge in [0.15, 0.2) is 5.82 Å². The molecule has 1 saturated carbocycles. The van der Waals surface area contributed by atoms with Crippen LogP contribution in [0.1, 0.15) is 37.3 Å². The van der Waals surface area contributed by atoms with Gasteiger partial charge in [-0.3, -0.25) is 0 Å². The summed E-state index contributed by atoms with van der Waals surface area (Å²) in [5.41, 5.74) is 1.14. The SMILES string of the molecule is O=C(NC1CCOCC1)N1CC2CN(c3ccc(C4CC4)nn3)CC2C1. The Hall–Kier alpha value is -1.89. The summed E-state index contributed by atoms with van der Waals surface area (Å²) < 4.78 is 5.36. The standard InChI is InChI=1S/C19H27N5O2/c25-19(20-16-5-7-26-8-6-16)24-11-14-9-23(10-15(14)12-24)18-4-3-17(21-22-18)13-1-2-13/h3-4,13-16H,1-2,5-12H2,(H,20,25). The second-order valence-electron chi connectivity index (χ2n) is 8.26. The quantitative estimate of drug-likeness (QED) is 0.890. The van der Waals surface area contributed by atoms with E-state index in [9.17, 15) is 4.79 Å². The first kappa shape index (κ1) is 16.3. The summed E-state index contributed by atoms with van der Waals surface area (Å²) in [4.78, 5) is 16.9. The largest absolute Gasteiger partial charge is 0.381 e. The van der Waals surface area contributed by atoms with Gasteiger partial charge in [0.05, 0.1) is 5.69 Å². The fraction of sp³-hybridized carbons (Fsp3) is 0.737. The summed E-state index contributed by atoms with van der Waals surface area (Å²) in [7, 11) is 0. The molecule has 4 heterocycles. The van der Waals surface area contributed by atoms with Crippen LogP contribution in [0, 0.1) is 11.8 Å². The fourth-order valence-corrected chi connectivity index (χ4v) is 4.55. The summed E-state index contributed by atoms with van der Waals surface area (Å²) in [5, 5.41) is 12.0. The van der Waals surface area contributed by atoms with Crippen molar-refractivity contribution in [2.24, 2.45) is 11.8 Å². The van der Waals surface area contributed by atoms with Crippen LogP contribution < -0.4 is 10.2 Å². The third-order valence-electron chi connectivity index (χ3n) is 6.31. The van der Waals surface area contributed by atoms with Crippen LogP contribution in [0.3, 0.4) is 0 Å². The number of likely N-dealkylation sites (tertiary alicyclic amines) is 1. The Balaban J connectivity index is 1.15. The van der Waals surface area contributed by atoms with Gasteiger partial charge < -0.3 is 19.9 Å². The number of amides is 2. The average molecular weight is 357 g/mol. The molecule has 0 spiro atoms. The molecule has 4 fully saturated rings. The predicted molar refractivity (Wildman–Crippen MR) is 97.1 cm³/mol. The second-order valence-corrected chi connectivity index (χ2v) is 8.26. The molecule has 2 atom stereocenters. The predicted octanol–water partition coefficient (Wildman–Crippen LogP) is 1.61. The maximum atomic E-state index is 12.5. The number of ether oxygens (including phenoxy) is 1. The molecule has 1 aliphatic carbocycles. The van der Waals surface area contributed by atoms with E-state index in [4.69, 9.17) is 4.74 Å². The smallest absolute Gasteiger partial charge is 0.317 e. The van der Waals surface area contributed by atoms with E-state index in [0.29, 0.717) is 17.8 Å². The molecule has 0 aromatic carbocycles. The highest BCUT2D eigenvalue weighted by atomic mass is 16.5. The molecule has 3 saturated heterocycles. The number of aromatic nitrogens is 2. The Morgan fingerprint density at radius 1 is 1.00 bits per heavy atom.